The third-order valence-corrected chi connectivity index (χ3v) is 4.03. The number of aryl methyl sites for hydroxylation is 1. The average Bonchev–Trinajstić information content (AvgIpc) is 2.76. The van der Waals surface area contributed by atoms with Gasteiger partial charge in [0.15, 0.2) is 0 Å². The summed E-state index contributed by atoms with van der Waals surface area (Å²) in [5, 5.41) is 0.675. The SMILES string of the molecule is Cc1ccc(N2C(=O)N(c3ccc(Cl)cc3)CC2C)cc1. The van der Waals surface area contributed by atoms with Gasteiger partial charge in [-0.15, -0.1) is 0 Å². The molecule has 1 fully saturated rings. The summed E-state index contributed by atoms with van der Waals surface area (Å²) < 4.78 is 0. The first-order chi connectivity index (χ1) is 10.1. The number of amides is 2. The van der Waals surface area contributed by atoms with Gasteiger partial charge in [-0.1, -0.05) is 29.3 Å². The van der Waals surface area contributed by atoms with Crippen molar-refractivity contribution in [1.29, 1.82) is 0 Å². The molecular weight excluding hydrogens is 284 g/mol. The first kappa shape index (κ1) is 14.0. The number of carbonyl (C=O) groups is 1. The molecule has 0 radical (unpaired) electrons. The fourth-order valence-corrected chi connectivity index (χ4v) is 2.78. The summed E-state index contributed by atoms with van der Waals surface area (Å²) in [6, 6.07) is 15.6. The summed E-state index contributed by atoms with van der Waals surface area (Å²) in [6.07, 6.45) is 0. The van der Waals surface area contributed by atoms with Crippen molar-refractivity contribution in [3.63, 3.8) is 0 Å². The fraction of sp³-hybridized carbons (Fsp3) is 0.235. The predicted octanol–water partition coefficient (Wildman–Crippen LogP) is 4.48. The number of urea groups is 1. The topological polar surface area (TPSA) is 23.6 Å². The second-order valence-corrected chi connectivity index (χ2v) is 5.86. The van der Waals surface area contributed by atoms with Gasteiger partial charge in [-0.25, -0.2) is 4.79 Å². The van der Waals surface area contributed by atoms with Gasteiger partial charge in [0, 0.05) is 22.9 Å². The van der Waals surface area contributed by atoms with Gasteiger partial charge < -0.3 is 0 Å². The normalized spacial score (nSPS) is 18.4. The Balaban J connectivity index is 1.90. The smallest absolute Gasteiger partial charge is 0.292 e. The minimum atomic E-state index is 0.00803. The predicted molar refractivity (Wildman–Crippen MR) is 87.3 cm³/mol. The first-order valence-electron chi connectivity index (χ1n) is 6.99. The number of hydrogen-bond donors (Lipinski definition) is 0. The molecule has 1 saturated heterocycles. The molecule has 0 aliphatic carbocycles. The molecule has 2 aromatic carbocycles. The van der Waals surface area contributed by atoms with Crippen LogP contribution in [0.5, 0.6) is 0 Å². The van der Waals surface area contributed by atoms with Crippen LogP contribution in [-0.2, 0) is 0 Å². The molecule has 0 bridgehead atoms. The number of nitrogens with zero attached hydrogens (tertiary/aromatic N) is 2. The van der Waals surface area contributed by atoms with Crippen molar-refractivity contribution in [1.82, 2.24) is 0 Å². The fourth-order valence-electron chi connectivity index (χ4n) is 2.65. The molecule has 3 nitrogen and oxygen atoms in total. The molecule has 1 heterocycles. The summed E-state index contributed by atoms with van der Waals surface area (Å²) in [7, 11) is 0. The maximum atomic E-state index is 12.7. The Morgan fingerprint density at radius 1 is 1.00 bits per heavy atom. The van der Waals surface area contributed by atoms with Crippen molar-refractivity contribution in [2.75, 3.05) is 16.3 Å². The lowest BCUT2D eigenvalue weighted by Gasteiger charge is -2.21. The molecule has 1 aliphatic rings. The number of carbonyl (C=O) groups excluding carboxylic acids is 1. The Labute approximate surface area is 129 Å². The third-order valence-electron chi connectivity index (χ3n) is 3.78. The number of halogens is 1. The van der Waals surface area contributed by atoms with Gasteiger partial charge in [-0.3, -0.25) is 9.80 Å². The minimum Gasteiger partial charge on any atom is -0.292 e. The molecule has 108 valence electrons. The van der Waals surface area contributed by atoms with E-state index in [0.717, 1.165) is 11.4 Å². The standard InChI is InChI=1S/C17H17ClN2O/c1-12-3-7-16(8-4-12)20-13(2)11-19(17(20)21)15-9-5-14(18)6-10-15/h3-10,13H,11H2,1-2H3. The van der Waals surface area contributed by atoms with Gasteiger partial charge in [-0.2, -0.15) is 0 Å². The molecule has 4 heteroatoms. The zero-order chi connectivity index (χ0) is 15.0. The van der Waals surface area contributed by atoms with Crippen molar-refractivity contribution in [2.45, 2.75) is 19.9 Å². The van der Waals surface area contributed by atoms with Crippen LogP contribution in [0.2, 0.25) is 5.02 Å². The number of benzene rings is 2. The molecular formula is C17H17ClN2O. The maximum Gasteiger partial charge on any atom is 0.329 e. The molecule has 0 spiro atoms. The van der Waals surface area contributed by atoms with Gasteiger partial charge in [0.2, 0.25) is 0 Å². The van der Waals surface area contributed by atoms with E-state index in [1.807, 2.05) is 60.4 Å². The van der Waals surface area contributed by atoms with Crippen LogP contribution >= 0.6 is 11.6 Å². The second kappa shape index (κ2) is 5.41. The Morgan fingerprint density at radius 2 is 1.57 bits per heavy atom. The van der Waals surface area contributed by atoms with Crippen LogP contribution in [0.3, 0.4) is 0 Å². The monoisotopic (exact) mass is 300 g/mol. The second-order valence-electron chi connectivity index (χ2n) is 5.42. The first-order valence-corrected chi connectivity index (χ1v) is 7.37. The molecule has 0 aromatic heterocycles. The lowest BCUT2D eigenvalue weighted by molar-refractivity contribution is 0.255. The van der Waals surface area contributed by atoms with E-state index in [1.54, 1.807) is 4.90 Å². The van der Waals surface area contributed by atoms with Crippen molar-refractivity contribution >= 4 is 29.0 Å². The van der Waals surface area contributed by atoms with Crippen LogP contribution in [-0.4, -0.2) is 18.6 Å². The number of anilines is 2. The van der Waals surface area contributed by atoms with E-state index in [2.05, 4.69) is 6.92 Å². The summed E-state index contributed by atoms with van der Waals surface area (Å²) in [6.45, 7) is 4.78. The van der Waals surface area contributed by atoms with Crippen molar-refractivity contribution in [3.8, 4) is 0 Å². The average molecular weight is 301 g/mol. The summed E-state index contributed by atoms with van der Waals surface area (Å²) in [5.41, 5.74) is 3.01. The van der Waals surface area contributed by atoms with Crippen molar-refractivity contribution < 1.29 is 4.79 Å². The van der Waals surface area contributed by atoms with Crippen LogP contribution in [0.4, 0.5) is 16.2 Å². The van der Waals surface area contributed by atoms with Gasteiger partial charge in [0.05, 0.1) is 6.04 Å². The van der Waals surface area contributed by atoms with E-state index in [1.165, 1.54) is 5.56 Å². The molecule has 2 amide bonds. The van der Waals surface area contributed by atoms with Crippen LogP contribution in [0, 0.1) is 6.92 Å². The van der Waals surface area contributed by atoms with Crippen LogP contribution in [0.25, 0.3) is 0 Å². The quantitative estimate of drug-likeness (QED) is 0.802. The number of rotatable bonds is 2. The molecule has 1 unspecified atom stereocenters. The van der Waals surface area contributed by atoms with Crippen molar-refractivity contribution in [2.24, 2.45) is 0 Å². The van der Waals surface area contributed by atoms with Gasteiger partial charge in [-0.05, 0) is 50.2 Å². The summed E-state index contributed by atoms with van der Waals surface area (Å²) >= 11 is 5.91. The molecule has 1 aliphatic heterocycles. The van der Waals surface area contributed by atoms with E-state index < -0.39 is 0 Å². The maximum absolute atomic E-state index is 12.7. The lowest BCUT2D eigenvalue weighted by Crippen LogP contribution is -2.33. The van der Waals surface area contributed by atoms with Gasteiger partial charge >= 0.3 is 6.03 Å². The van der Waals surface area contributed by atoms with Gasteiger partial charge in [0.1, 0.15) is 0 Å². The van der Waals surface area contributed by atoms with Crippen LogP contribution in [0.15, 0.2) is 48.5 Å². The highest BCUT2D eigenvalue weighted by molar-refractivity contribution is 6.30. The zero-order valence-corrected chi connectivity index (χ0v) is 12.8. The Bertz CT molecular complexity index is 651. The van der Waals surface area contributed by atoms with Crippen LogP contribution < -0.4 is 9.80 Å². The highest BCUT2D eigenvalue weighted by atomic mass is 35.5. The van der Waals surface area contributed by atoms with E-state index in [4.69, 9.17) is 11.6 Å². The highest BCUT2D eigenvalue weighted by Gasteiger charge is 2.36. The van der Waals surface area contributed by atoms with E-state index in [-0.39, 0.29) is 12.1 Å². The van der Waals surface area contributed by atoms with E-state index in [0.29, 0.717) is 11.6 Å². The largest absolute Gasteiger partial charge is 0.329 e. The molecule has 2 aromatic rings. The Kier molecular flexibility index (Phi) is 3.60. The highest BCUT2D eigenvalue weighted by Crippen LogP contribution is 2.29. The third kappa shape index (κ3) is 2.61. The molecule has 0 N–H and O–H groups in total. The summed E-state index contributed by atoms with van der Waals surface area (Å²) in [4.78, 5) is 16.3. The molecule has 3 rings (SSSR count). The Hall–Kier alpha value is -2.00. The molecule has 21 heavy (non-hydrogen) atoms. The lowest BCUT2D eigenvalue weighted by atomic mass is 10.2. The minimum absolute atomic E-state index is 0.00803. The zero-order valence-electron chi connectivity index (χ0n) is 12.1. The van der Waals surface area contributed by atoms with E-state index in [9.17, 15) is 4.79 Å². The molecule has 1 atom stereocenters. The molecule has 0 saturated carbocycles. The Morgan fingerprint density at radius 3 is 2.19 bits per heavy atom. The summed E-state index contributed by atoms with van der Waals surface area (Å²) in [5.74, 6) is 0. The van der Waals surface area contributed by atoms with Crippen LogP contribution in [0.1, 0.15) is 12.5 Å². The van der Waals surface area contributed by atoms with Gasteiger partial charge in [0.25, 0.3) is 0 Å². The van der Waals surface area contributed by atoms with E-state index >= 15 is 0 Å². The van der Waals surface area contributed by atoms with Crippen molar-refractivity contribution in [3.05, 3.63) is 59.1 Å². The number of hydrogen-bond acceptors (Lipinski definition) is 1.